The highest BCUT2D eigenvalue weighted by Gasteiger charge is 2.18. The number of nitrogen functional groups attached to an aromatic ring is 1. The topological polar surface area (TPSA) is 95.8 Å². The summed E-state index contributed by atoms with van der Waals surface area (Å²) in [5, 5.41) is 6.34. The minimum absolute atomic E-state index is 0.0796. The highest BCUT2D eigenvalue weighted by atomic mass is 16.1. The van der Waals surface area contributed by atoms with Crippen LogP contribution in [0.1, 0.15) is 23.2 Å². The maximum Gasteiger partial charge on any atom is 0.253 e. The van der Waals surface area contributed by atoms with Gasteiger partial charge in [-0.2, -0.15) is 0 Å². The zero-order valence-corrected chi connectivity index (χ0v) is 10.6. The molecule has 0 bridgehead atoms. The zero-order valence-electron chi connectivity index (χ0n) is 10.6. The van der Waals surface area contributed by atoms with Gasteiger partial charge in [0.05, 0.1) is 11.1 Å². The van der Waals surface area contributed by atoms with E-state index in [1.807, 2.05) is 12.1 Å². The van der Waals surface area contributed by atoms with E-state index in [1.54, 1.807) is 6.07 Å². The molecule has 0 aliphatic carbocycles. The summed E-state index contributed by atoms with van der Waals surface area (Å²) in [7, 11) is 0. The van der Waals surface area contributed by atoms with E-state index in [1.165, 1.54) is 0 Å². The van der Waals surface area contributed by atoms with E-state index in [0.29, 0.717) is 17.0 Å². The Balaban J connectivity index is 1.84. The normalized spacial score (nSPS) is 16.6. The molecule has 1 aromatic carbocycles. The Bertz CT molecular complexity index is 600. The average molecular weight is 259 g/mol. The molecule has 0 atom stereocenters. The molecule has 100 valence electrons. The number of nitrogens with one attached hydrogen (secondary N) is 3. The number of carbonyl (C=O) groups excluding carboxylic acids is 1. The zero-order chi connectivity index (χ0) is 13.2. The molecule has 6 nitrogen and oxygen atoms in total. The summed E-state index contributed by atoms with van der Waals surface area (Å²) in [6.45, 7) is 1.90. The second-order valence-corrected chi connectivity index (χ2v) is 4.82. The number of amides is 1. The molecular weight excluding hydrogens is 242 g/mol. The van der Waals surface area contributed by atoms with Crippen LogP contribution in [0.2, 0.25) is 0 Å². The summed E-state index contributed by atoms with van der Waals surface area (Å²) in [4.78, 5) is 19.4. The summed E-state index contributed by atoms with van der Waals surface area (Å²) in [6.07, 6.45) is 1.93. The van der Waals surface area contributed by atoms with Crippen molar-refractivity contribution >= 4 is 22.9 Å². The molecule has 1 saturated heterocycles. The number of piperidine rings is 1. The van der Waals surface area contributed by atoms with Gasteiger partial charge in [0.25, 0.3) is 5.91 Å². The number of aromatic nitrogens is 2. The van der Waals surface area contributed by atoms with Crippen LogP contribution in [-0.4, -0.2) is 35.0 Å². The van der Waals surface area contributed by atoms with Gasteiger partial charge in [0.15, 0.2) is 5.95 Å². The quantitative estimate of drug-likeness (QED) is 0.636. The third kappa shape index (κ3) is 2.39. The fourth-order valence-corrected chi connectivity index (χ4v) is 2.46. The molecule has 1 fully saturated rings. The lowest BCUT2D eigenvalue weighted by Crippen LogP contribution is -2.42. The van der Waals surface area contributed by atoms with Crippen molar-refractivity contribution in [3.63, 3.8) is 0 Å². The first kappa shape index (κ1) is 12.0. The van der Waals surface area contributed by atoms with Gasteiger partial charge in [-0.05, 0) is 38.1 Å². The van der Waals surface area contributed by atoms with Gasteiger partial charge in [0, 0.05) is 6.04 Å². The lowest BCUT2D eigenvalue weighted by molar-refractivity contribution is 0.0931. The van der Waals surface area contributed by atoms with Crippen molar-refractivity contribution in [2.24, 2.45) is 0 Å². The van der Waals surface area contributed by atoms with Crippen LogP contribution in [0, 0.1) is 0 Å². The molecule has 1 amide bonds. The first-order valence-electron chi connectivity index (χ1n) is 6.50. The number of aromatic amines is 1. The third-order valence-electron chi connectivity index (χ3n) is 3.45. The van der Waals surface area contributed by atoms with E-state index in [9.17, 15) is 4.79 Å². The van der Waals surface area contributed by atoms with Crippen LogP contribution in [-0.2, 0) is 0 Å². The number of hydrogen-bond donors (Lipinski definition) is 4. The smallest absolute Gasteiger partial charge is 0.253 e. The number of rotatable bonds is 2. The maximum atomic E-state index is 12.3. The first-order valence-corrected chi connectivity index (χ1v) is 6.50. The summed E-state index contributed by atoms with van der Waals surface area (Å²) in [5.74, 6) is 0.251. The number of para-hydroxylation sites is 1. The van der Waals surface area contributed by atoms with Gasteiger partial charge in [-0.3, -0.25) is 4.79 Å². The van der Waals surface area contributed by atoms with Gasteiger partial charge in [-0.15, -0.1) is 0 Å². The van der Waals surface area contributed by atoms with Gasteiger partial charge in [0.2, 0.25) is 0 Å². The van der Waals surface area contributed by atoms with Crippen LogP contribution >= 0.6 is 0 Å². The number of carbonyl (C=O) groups is 1. The van der Waals surface area contributed by atoms with Crippen molar-refractivity contribution < 1.29 is 4.79 Å². The van der Waals surface area contributed by atoms with Crippen LogP contribution in [0.4, 0.5) is 5.95 Å². The lowest BCUT2D eigenvalue weighted by atomic mass is 10.1. The number of nitrogens with zero attached hydrogens (tertiary/aromatic N) is 1. The van der Waals surface area contributed by atoms with Crippen molar-refractivity contribution in [2.45, 2.75) is 18.9 Å². The largest absolute Gasteiger partial charge is 0.369 e. The van der Waals surface area contributed by atoms with Gasteiger partial charge in [-0.1, -0.05) is 6.07 Å². The van der Waals surface area contributed by atoms with E-state index in [-0.39, 0.29) is 11.9 Å². The minimum atomic E-state index is -0.0796. The molecule has 0 unspecified atom stereocenters. The summed E-state index contributed by atoms with van der Waals surface area (Å²) in [6, 6.07) is 5.70. The molecule has 6 heteroatoms. The summed E-state index contributed by atoms with van der Waals surface area (Å²) < 4.78 is 0. The molecule has 19 heavy (non-hydrogen) atoms. The Morgan fingerprint density at radius 3 is 2.95 bits per heavy atom. The van der Waals surface area contributed by atoms with Crippen molar-refractivity contribution in [1.82, 2.24) is 20.6 Å². The standard InChI is InChI=1S/C13H17N5O/c14-13-17-10-3-1-2-9(11(10)18-13)12(19)16-8-4-6-15-7-5-8/h1-3,8,15H,4-7H2,(H,16,19)(H3,14,17,18). The number of anilines is 1. The number of fused-ring (bicyclic) bond motifs is 1. The minimum Gasteiger partial charge on any atom is -0.369 e. The third-order valence-corrected chi connectivity index (χ3v) is 3.45. The maximum absolute atomic E-state index is 12.3. The molecule has 2 aromatic rings. The molecule has 0 spiro atoms. The number of hydrogen-bond acceptors (Lipinski definition) is 4. The van der Waals surface area contributed by atoms with E-state index in [4.69, 9.17) is 5.73 Å². The number of nitrogens with two attached hydrogens (primary N) is 1. The highest BCUT2D eigenvalue weighted by Crippen LogP contribution is 2.17. The molecule has 5 N–H and O–H groups in total. The van der Waals surface area contributed by atoms with Gasteiger partial charge >= 0.3 is 0 Å². The van der Waals surface area contributed by atoms with Crippen LogP contribution in [0.5, 0.6) is 0 Å². The molecule has 0 radical (unpaired) electrons. The van der Waals surface area contributed by atoms with Gasteiger partial charge < -0.3 is 21.4 Å². The fraction of sp³-hybridized carbons (Fsp3) is 0.385. The molecule has 2 heterocycles. The average Bonchev–Trinajstić information content (AvgIpc) is 2.79. The molecule has 3 rings (SSSR count). The Morgan fingerprint density at radius 2 is 2.16 bits per heavy atom. The predicted molar refractivity (Wildman–Crippen MR) is 73.9 cm³/mol. The van der Waals surface area contributed by atoms with Crippen molar-refractivity contribution in [3.05, 3.63) is 23.8 Å². The van der Waals surface area contributed by atoms with E-state index in [0.717, 1.165) is 31.4 Å². The van der Waals surface area contributed by atoms with Crippen molar-refractivity contribution in [3.8, 4) is 0 Å². The van der Waals surface area contributed by atoms with Crippen LogP contribution in [0.25, 0.3) is 11.0 Å². The Labute approximate surface area is 110 Å². The van der Waals surface area contributed by atoms with E-state index in [2.05, 4.69) is 20.6 Å². The monoisotopic (exact) mass is 259 g/mol. The molecular formula is C13H17N5O. The number of H-pyrrole nitrogens is 1. The number of benzene rings is 1. The fourth-order valence-electron chi connectivity index (χ4n) is 2.46. The van der Waals surface area contributed by atoms with Gasteiger partial charge in [0.1, 0.15) is 5.52 Å². The SMILES string of the molecule is Nc1nc2c(C(=O)NC3CCNCC3)cccc2[nH]1. The van der Waals surface area contributed by atoms with Crippen LogP contribution in [0.15, 0.2) is 18.2 Å². The highest BCUT2D eigenvalue weighted by molar-refractivity contribution is 6.05. The van der Waals surface area contributed by atoms with E-state index < -0.39 is 0 Å². The summed E-state index contributed by atoms with van der Waals surface area (Å²) >= 11 is 0. The van der Waals surface area contributed by atoms with Crippen LogP contribution in [0.3, 0.4) is 0 Å². The molecule has 1 aliphatic heterocycles. The van der Waals surface area contributed by atoms with Gasteiger partial charge in [-0.25, -0.2) is 4.98 Å². The molecule has 1 aromatic heterocycles. The second-order valence-electron chi connectivity index (χ2n) is 4.82. The second kappa shape index (κ2) is 4.89. The first-order chi connectivity index (χ1) is 9.24. The summed E-state index contributed by atoms with van der Waals surface area (Å²) in [5.41, 5.74) is 7.63. The Kier molecular flexibility index (Phi) is 3.08. The Morgan fingerprint density at radius 1 is 1.37 bits per heavy atom. The van der Waals surface area contributed by atoms with Crippen LogP contribution < -0.4 is 16.4 Å². The molecule has 0 saturated carbocycles. The Hall–Kier alpha value is -2.08. The van der Waals surface area contributed by atoms with Crippen molar-refractivity contribution in [2.75, 3.05) is 18.8 Å². The molecule has 1 aliphatic rings. The number of imidazole rings is 1. The lowest BCUT2D eigenvalue weighted by Gasteiger charge is -2.23. The predicted octanol–water partition coefficient (Wildman–Crippen LogP) is 0.627. The van der Waals surface area contributed by atoms with E-state index >= 15 is 0 Å². The van der Waals surface area contributed by atoms with Crippen molar-refractivity contribution in [1.29, 1.82) is 0 Å².